The summed E-state index contributed by atoms with van der Waals surface area (Å²) in [5.74, 6) is -1.48. The lowest BCUT2D eigenvalue weighted by molar-refractivity contribution is -0.130. The molecule has 4 fully saturated rings. The van der Waals surface area contributed by atoms with Gasteiger partial charge in [0.25, 0.3) is 0 Å². The molecule has 4 heterocycles. The molecule has 50 heavy (non-hydrogen) atoms. The van der Waals surface area contributed by atoms with Crippen LogP contribution >= 0.6 is 23.5 Å². The van der Waals surface area contributed by atoms with Crippen molar-refractivity contribution >= 4 is 59.3 Å². The van der Waals surface area contributed by atoms with Gasteiger partial charge in [-0.2, -0.15) is 0 Å². The minimum atomic E-state index is -0.882. The van der Waals surface area contributed by atoms with Crippen molar-refractivity contribution in [3.63, 3.8) is 0 Å². The largest absolute Gasteiger partial charge is 0.450 e. The molecule has 15 nitrogen and oxygen atoms in total. The fraction of sp³-hybridized carbons (Fsp3) is 0.818. The van der Waals surface area contributed by atoms with Crippen molar-refractivity contribution in [1.29, 1.82) is 0 Å². The minimum Gasteiger partial charge on any atom is -0.450 e. The normalized spacial score (nSPS) is 29.9. The third kappa shape index (κ3) is 11.0. The number of hydrogen-bond donors (Lipinski definition) is 6. The molecular weight excluding hydrogens is 687 g/mol. The first-order chi connectivity index (χ1) is 24.1. The Morgan fingerprint density at radius 3 is 2.22 bits per heavy atom. The van der Waals surface area contributed by atoms with Gasteiger partial charge in [0.05, 0.1) is 47.9 Å². The molecule has 8 atom stereocenters. The van der Waals surface area contributed by atoms with E-state index >= 15 is 0 Å². The Labute approximate surface area is 303 Å². The van der Waals surface area contributed by atoms with Crippen LogP contribution in [0.25, 0.3) is 0 Å². The van der Waals surface area contributed by atoms with Crippen LogP contribution in [-0.2, 0) is 28.7 Å². The summed E-state index contributed by atoms with van der Waals surface area (Å²) in [6.45, 7) is 8.06. The summed E-state index contributed by atoms with van der Waals surface area (Å²) < 4.78 is 10.3. The monoisotopic (exact) mass is 741 g/mol. The number of likely N-dealkylation sites (tertiary alicyclic amines) is 1. The number of piperidine rings is 1. The first-order valence-corrected chi connectivity index (χ1v) is 20.0. The van der Waals surface area contributed by atoms with Gasteiger partial charge >= 0.3 is 12.2 Å². The number of ether oxygens (including phenoxy) is 2. The van der Waals surface area contributed by atoms with E-state index in [9.17, 15) is 28.8 Å². The van der Waals surface area contributed by atoms with Crippen molar-refractivity contribution in [3.8, 4) is 0 Å². The van der Waals surface area contributed by atoms with E-state index in [1.165, 1.54) is 23.5 Å². The lowest BCUT2D eigenvalue weighted by atomic mass is 9.84. The van der Waals surface area contributed by atoms with Crippen molar-refractivity contribution < 1.29 is 38.2 Å². The van der Waals surface area contributed by atoms with Crippen LogP contribution in [0.1, 0.15) is 72.1 Å². The SMILES string of the molecule is CCOC(=O)NC(=O)C1CC(CCOC(=O)NC(=O)C2CCSC2NC(=O)C2CNCCN2)SC1NC(=O)C1CCCC(C(CC)CC)N1C. The molecule has 282 valence electrons. The Balaban J connectivity index is 1.28. The molecule has 6 amide bonds. The number of rotatable bonds is 13. The fourth-order valence-electron chi connectivity index (χ4n) is 7.39. The maximum atomic E-state index is 13.7. The summed E-state index contributed by atoms with van der Waals surface area (Å²) in [6.07, 6.45) is 4.29. The van der Waals surface area contributed by atoms with Crippen LogP contribution in [0, 0.1) is 17.8 Å². The number of piperazine rings is 1. The molecule has 0 aromatic carbocycles. The quantitative estimate of drug-likeness (QED) is 0.159. The van der Waals surface area contributed by atoms with Crippen LogP contribution in [0.3, 0.4) is 0 Å². The van der Waals surface area contributed by atoms with Crippen LogP contribution in [0.15, 0.2) is 0 Å². The molecule has 4 rings (SSSR count). The zero-order valence-electron chi connectivity index (χ0n) is 29.6. The highest BCUT2D eigenvalue weighted by molar-refractivity contribution is 8.00. The van der Waals surface area contributed by atoms with Gasteiger partial charge in [0.2, 0.25) is 23.6 Å². The van der Waals surface area contributed by atoms with Crippen molar-refractivity contribution in [1.82, 2.24) is 36.8 Å². The number of hydrogen-bond acceptors (Lipinski definition) is 13. The summed E-state index contributed by atoms with van der Waals surface area (Å²) in [5.41, 5.74) is 0. The van der Waals surface area contributed by atoms with E-state index in [1.54, 1.807) is 6.92 Å². The van der Waals surface area contributed by atoms with Gasteiger partial charge in [0.1, 0.15) is 0 Å². The number of amides is 6. The van der Waals surface area contributed by atoms with E-state index in [2.05, 4.69) is 50.6 Å². The van der Waals surface area contributed by atoms with Gasteiger partial charge in [-0.05, 0) is 64.2 Å². The van der Waals surface area contributed by atoms with E-state index < -0.39 is 46.6 Å². The second-order valence-corrected chi connectivity index (χ2v) is 16.0. The van der Waals surface area contributed by atoms with Gasteiger partial charge < -0.3 is 30.7 Å². The summed E-state index contributed by atoms with van der Waals surface area (Å²) in [7, 11) is 2.00. The molecule has 0 saturated carbocycles. The van der Waals surface area contributed by atoms with Crippen LogP contribution in [0.5, 0.6) is 0 Å². The third-order valence-corrected chi connectivity index (χ3v) is 13.0. The van der Waals surface area contributed by atoms with Crippen LogP contribution in [-0.4, -0.2) is 120 Å². The molecule has 4 saturated heterocycles. The maximum absolute atomic E-state index is 13.7. The van der Waals surface area contributed by atoms with Crippen LogP contribution in [0.4, 0.5) is 9.59 Å². The molecule has 0 radical (unpaired) electrons. The summed E-state index contributed by atoms with van der Waals surface area (Å²) in [5, 5.41) is 15.7. The van der Waals surface area contributed by atoms with E-state index in [4.69, 9.17) is 9.47 Å². The Hall–Kier alpha value is -2.60. The Morgan fingerprint density at radius 2 is 1.54 bits per heavy atom. The van der Waals surface area contributed by atoms with Gasteiger partial charge in [0, 0.05) is 30.9 Å². The standard InChI is InChI=1S/C33H55N7O8S2/c1-5-19(6-2)24-9-8-10-25(40(24)4)29(44)37-31-22(27(42)39-32(45)47-7-3)17-20(50-31)11-15-48-33(46)38-26(41)21-12-16-49-30(21)36-28(43)23-18-34-13-14-35-23/h19-25,30-31,34-35H,5-18H2,1-4H3,(H,36,43)(H,37,44)(H,38,41,46)(H,39,42,45). The van der Waals surface area contributed by atoms with Gasteiger partial charge in [0.15, 0.2) is 0 Å². The first kappa shape index (κ1) is 40.2. The lowest BCUT2D eigenvalue weighted by Gasteiger charge is -2.42. The highest BCUT2D eigenvalue weighted by Gasteiger charge is 2.43. The van der Waals surface area contributed by atoms with Gasteiger partial charge in [-0.25, -0.2) is 9.59 Å². The average molecular weight is 742 g/mol. The number of alkyl carbamates (subject to hydrolysis) is 2. The Morgan fingerprint density at radius 1 is 0.840 bits per heavy atom. The summed E-state index contributed by atoms with van der Waals surface area (Å²) in [6, 6.07) is -0.388. The first-order valence-electron chi connectivity index (χ1n) is 18.0. The molecule has 0 aliphatic carbocycles. The van der Waals surface area contributed by atoms with Crippen LogP contribution in [0.2, 0.25) is 0 Å². The summed E-state index contributed by atoms with van der Waals surface area (Å²) in [4.78, 5) is 79.3. The van der Waals surface area contributed by atoms with Crippen molar-refractivity contribution in [2.24, 2.45) is 17.8 Å². The number of likely N-dealkylation sites (N-methyl/N-ethyl adjacent to an activating group) is 1. The van der Waals surface area contributed by atoms with Gasteiger partial charge in [-0.15, -0.1) is 23.5 Å². The van der Waals surface area contributed by atoms with E-state index in [-0.39, 0.29) is 42.4 Å². The molecule has 0 aromatic rings. The molecule has 8 unspecified atom stereocenters. The molecule has 0 spiro atoms. The van der Waals surface area contributed by atoms with E-state index in [0.717, 1.165) is 38.6 Å². The number of carbonyl (C=O) groups excluding carboxylic acids is 6. The summed E-state index contributed by atoms with van der Waals surface area (Å²) >= 11 is 2.87. The Kier molecular flexibility index (Phi) is 16.0. The molecule has 4 aliphatic rings. The number of imide groups is 2. The number of carbonyl (C=O) groups is 6. The van der Waals surface area contributed by atoms with Gasteiger partial charge in [-0.3, -0.25) is 34.7 Å². The minimum absolute atomic E-state index is 0.0218. The van der Waals surface area contributed by atoms with Gasteiger partial charge in [-0.1, -0.05) is 26.7 Å². The Bertz CT molecular complexity index is 1200. The number of thioether (sulfide) groups is 2. The van der Waals surface area contributed by atoms with Crippen molar-refractivity contribution in [3.05, 3.63) is 0 Å². The molecule has 4 aliphatic heterocycles. The maximum Gasteiger partial charge on any atom is 0.413 e. The molecule has 0 aromatic heterocycles. The smallest absolute Gasteiger partial charge is 0.413 e. The topological polar surface area (TPSA) is 196 Å². The second kappa shape index (κ2) is 19.9. The van der Waals surface area contributed by atoms with E-state index in [0.29, 0.717) is 50.1 Å². The predicted octanol–water partition coefficient (Wildman–Crippen LogP) is 1.51. The fourth-order valence-corrected chi connectivity index (χ4v) is 10.3. The van der Waals surface area contributed by atoms with Crippen molar-refractivity contribution in [2.45, 2.75) is 106 Å². The molecular formula is C33H55N7O8S2. The highest BCUT2D eigenvalue weighted by atomic mass is 32.2. The number of nitrogens with one attached hydrogen (secondary N) is 6. The number of nitrogens with zero attached hydrogens (tertiary/aromatic N) is 1. The average Bonchev–Trinajstić information content (AvgIpc) is 3.73. The molecule has 6 N–H and O–H groups in total. The van der Waals surface area contributed by atoms with E-state index in [1.807, 2.05) is 7.05 Å². The van der Waals surface area contributed by atoms with Crippen molar-refractivity contribution in [2.75, 3.05) is 45.6 Å². The second-order valence-electron chi connectivity index (χ2n) is 13.3. The predicted molar refractivity (Wildman–Crippen MR) is 191 cm³/mol. The molecule has 17 heteroatoms. The zero-order valence-corrected chi connectivity index (χ0v) is 31.3. The highest BCUT2D eigenvalue weighted by Crippen LogP contribution is 2.40. The third-order valence-electron chi connectivity index (χ3n) is 10.2. The molecule has 0 bridgehead atoms. The van der Waals surface area contributed by atoms with Crippen LogP contribution < -0.4 is 31.9 Å². The lowest BCUT2D eigenvalue weighted by Crippen LogP contribution is -2.57. The zero-order chi connectivity index (χ0) is 36.2.